The average molecular weight is 251 g/mol. The first-order valence-electron chi connectivity index (χ1n) is 6.11. The van der Waals surface area contributed by atoms with Gasteiger partial charge in [0.15, 0.2) is 11.5 Å². The Kier molecular flexibility index (Phi) is 5.49. The van der Waals surface area contributed by atoms with Gasteiger partial charge in [-0.1, -0.05) is 6.07 Å². The van der Waals surface area contributed by atoms with E-state index in [9.17, 15) is 4.79 Å². The van der Waals surface area contributed by atoms with Gasteiger partial charge >= 0.3 is 0 Å². The second-order valence-electron chi connectivity index (χ2n) is 4.38. The molecular weight excluding hydrogens is 230 g/mol. The minimum absolute atomic E-state index is 0.0123. The predicted octanol–water partition coefficient (Wildman–Crippen LogP) is 2.16. The largest absolute Gasteiger partial charge is 0.493 e. The highest BCUT2D eigenvalue weighted by molar-refractivity contribution is 5.72. The van der Waals surface area contributed by atoms with Gasteiger partial charge in [-0.2, -0.15) is 0 Å². The SMILES string of the molecule is COc1cc(CCNC(C)=O)ccc1OC(C)C. The quantitative estimate of drug-likeness (QED) is 0.842. The lowest BCUT2D eigenvalue weighted by Crippen LogP contribution is -2.22. The first-order valence-corrected chi connectivity index (χ1v) is 6.11. The summed E-state index contributed by atoms with van der Waals surface area (Å²) in [6, 6.07) is 5.84. The number of carbonyl (C=O) groups excluding carboxylic acids is 1. The molecule has 0 saturated heterocycles. The van der Waals surface area contributed by atoms with Crippen LogP contribution in [0.2, 0.25) is 0 Å². The molecule has 18 heavy (non-hydrogen) atoms. The Balaban J connectivity index is 2.69. The Bertz CT molecular complexity index is 402. The van der Waals surface area contributed by atoms with Gasteiger partial charge in [0.2, 0.25) is 5.91 Å². The molecule has 0 atom stereocenters. The Labute approximate surface area is 108 Å². The van der Waals surface area contributed by atoms with Crippen molar-refractivity contribution < 1.29 is 14.3 Å². The van der Waals surface area contributed by atoms with Crippen molar-refractivity contribution in [3.05, 3.63) is 23.8 Å². The summed E-state index contributed by atoms with van der Waals surface area (Å²) in [7, 11) is 1.63. The highest BCUT2D eigenvalue weighted by Crippen LogP contribution is 2.29. The van der Waals surface area contributed by atoms with E-state index in [0.29, 0.717) is 6.54 Å². The lowest BCUT2D eigenvalue weighted by Gasteiger charge is -2.14. The average Bonchev–Trinajstić information content (AvgIpc) is 2.29. The highest BCUT2D eigenvalue weighted by Gasteiger charge is 2.07. The molecule has 0 fully saturated rings. The van der Waals surface area contributed by atoms with Crippen LogP contribution in [0.1, 0.15) is 26.3 Å². The fourth-order valence-corrected chi connectivity index (χ4v) is 1.60. The van der Waals surface area contributed by atoms with E-state index < -0.39 is 0 Å². The van der Waals surface area contributed by atoms with E-state index in [0.717, 1.165) is 23.5 Å². The van der Waals surface area contributed by atoms with Gasteiger partial charge in [0.25, 0.3) is 0 Å². The summed E-state index contributed by atoms with van der Waals surface area (Å²) in [6.07, 6.45) is 0.891. The number of hydrogen-bond donors (Lipinski definition) is 1. The molecule has 0 aliphatic rings. The van der Waals surface area contributed by atoms with Crippen molar-refractivity contribution in [1.82, 2.24) is 5.32 Å². The van der Waals surface area contributed by atoms with Crippen molar-refractivity contribution in [1.29, 1.82) is 0 Å². The second-order valence-corrected chi connectivity index (χ2v) is 4.38. The highest BCUT2D eigenvalue weighted by atomic mass is 16.5. The normalized spacial score (nSPS) is 10.3. The number of rotatable bonds is 6. The molecule has 0 radical (unpaired) electrons. The van der Waals surface area contributed by atoms with Crippen molar-refractivity contribution in [2.24, 2.45) is 0 Å². The molecule has 1 N–H and O–H groups in total. The van der Waals surface area contributed by atoms with Gasteiger partial charge in [0.05, 0.1) is 13.2 Å². The van der Waals surface area contributed by atoms with Gasteiger partial charge in [-0.25, -0.2) is 0 Å². The lowest BCUT2D eigenvalue weighted by atomic mass is 10.1. The van der Waals surface area contributed by atoms with E-state index in [2.05, 4.69) is 5.32 Å². The van der Waals surface area contributed by atoms with Gasteiger partial charge < -0.3 is 14.8 Å². The van der Waals surface area contributed by atoms with Crippen molar-refractivity contribution in [2.45, 2.75) is 33.3 Å². The summed E-state index contributed by atoms with van der Waals surface area (Å²) in [5.41, 5.74) is 1.11. The number of nitrogens with one attached hydrogen (secondary N) is 1. The smallest absolute Gasteiger partial charge is 0.216 e. The summed E-state index contributed by atoms with van der Waals surface area (Å²) in [6.45, 7) is 6.09. The number of carbonyl (C=O) groups is 1. The molecule has 4 nitrogen and oxygen atoms in total. The van der Waals surface area contributed by atoms with E-state index in [4.69, 9.17) is 9.47 Å². The molecule has 100 valence electrons. The molecular formula is C14H21NO3. The molecule has 0 aliphatic heterocycles. The molecule has 0 unspecified atom stereocenters. The zero-order valence-corrected chi connectivity index (χ0v) is 11.4. The van der Waals surface area contributed by atoms with Crippen molar-refractivity contribution in [3.63, 3.8) is 0 Å². The molecule has 4 heteroatoms. The molecule has 1 amide bonds. The summed E-state index contributed by atoms with van der Waals surface area (Å²) in [5, 5.41) is 2.77. The Hall–Kier alpha value is -1.71. The third-order valence-electron chi connectivity index (χ3n) is 2.38. The van der Waals surface area contributed by atoms with Gasteiger partial charge in [-0.15, -0.1) is 0 Å². The fourth-order valence-electron chi connectivity index (χ4n) is 1.60. The minimum Gasteiger partial charge on any atom is -0.493 e. The fraction of sp³-hybridized carbons (Fsp3) is 0.500. The van der Waals surface area contributed by atoms with E-state index in [-0.39, 0.29) is 12.0 Å². The van der Waals surface area contributed by atoms with Crippen LogP contribution in [0.5, 0.6) is 11.5 Å². The Morgan fingerprint density at radius 3 is 2.61 bits per heavy atom. The zero-order chi connectivity index (χ0) is 13.5. The zero-order valence-electron chi connectivity index (χ0n) is 11.4. The van der Waals surface area contributed by atoms with E-state index in [1.807, 2.05) is 32.0 Å². The Morgan fingerprint density at radius 2 is 2.06 bits per heavy atom. The minimum atomic E-state index is -0.0123. The van der Waals surface area contributed by atoms with Crippen LogP contribution in [0.4, 0.5) is 0 Å². The molecule has 0 heterocycles. The van der Waals surface area contributed by atoms with Gasteiger partial charge in [-0.05, 0) is 38.0 Å². The van der Waals surface area contributed by atoms with Crippen LogP contribution in [0.25, 0.3) is 0 Å². The third kappa shape index (κ3) is 4.65. The van der Waals surface area contributed by atoms with Crippen LogP contribution in [0.3, 0.4) is 0 Å². The second kappa shape index (κ2) is 6.89. The number of hydrogen-bond acceptors (Lipinski definition) is 3. The van der Waals surface area contributed by atoms with Crippen LogP contribution in [-0.2, 0) is 11.2 Å². The summed E-state index contributed by atoms with van der Waals surface area (Å²) in [5.74, 6) is 1.46. The van der Waals surface area contributed by atoms with Crippen molar-refractivity contribution in [2.75, 3.05) is 13.7 Å². The number of amides is 1. The summed E-state index contributed by atoms with van der Waals surface area (Å²) < 4.78 is 10.9. The third-order valence-corrected chi connectivity index (χ3v) is 2.38. The monoisotopic (exact) mass is 251 g/mol. The molecule has 0 saturated carbocycles. The van der Waals surface area contributed by atoms with Crippen LogP contribution in [0, 0.1) is 0 Å². The number of methoxy groups -OCH3 is 1. The molecule has 1 aromatic rings. The molecule has 0 aromatic heterocycles. The van der Waals surface area contributed by atoms with E-state index in [1.165, 1.54) is 6.92 Å². The molecule has 1 aromatic carbocycles. The summed E-state index contributed by atoms with van der Waals surface area (Å²) >= 11 is 0. The summed E-state index contributed by atoms with van der Waals surface area (Å²) in [4.78, 5) is 10.8. The maximum atomic E-state index is 10.8. The topological polar surface area (TPSA) is 47.6 Å². The van der Waals surface area contributed by atoms with E-state index >= 15 is 0 Å². The first-order chi connectivity index (χ1) is 8.52. The predicted molar refractivity (Wildman–Crippen MR) is 71.1 cm³/mol. The van der Waals surface area contributed by atoms with Gasteiger partial charge in [-0.3, -0.25) is 4.79 Å². The lowest BCUT2D eigenvalue weighted by molar-refractivity contribution is -0.118. The maximum Gasteiger partial charge on any atom is 0.216 e. The van der Waals surface area contributed by atoms with Crippen molar-refractivity contribution >= 4 is 5.91 Å². The standard InChI is InChI=1S/C14H21NO3/c1-10(2)18-13-6-5-12(9-14(13)17-4)7-8-15-11(3)16/h5-6,9-10H,7-8H2,1-4H3,(H,15,16). The molecule has 1 rings (SSSR count). The van der Waals surface area contributed by atoms with Gasteiger partial charge in [0.1, 0.15) is 0 Å². The Morgan fingerprint density at radius 1 is 1.33 bits per heavy atom. The van der Waals surface area contributed by atoms with Crippen LogP contribution in [0.15, 0.2) is 18.2 Å². The molecule has 0 bridgehead atoms. The van der Waals surface area contributed by atoms with Crippen LogP contribution >= 0.6 is 0 Å². The molecule has 0 aliphatic carbocycles. The van der Waals surface area contributed by atoms with Crippen molar-refractivity contribution in [3.8, 4) is 11.5 Å². The van der Waals surface area contributed by atoms with Crippen LogP contribution < -0.4 is 14.8 Å². The first kappa shape index (κ1) is 14.4. The van der Waals surface area contributed by atoms with Crippen LogP contribution in [-0.4, -0.2) is 25.7 Å². The number of benzene rings is 1. The molecule has 0 spiro atoms. The van der Waals surface area contributed by atoms with E-state index in [1.54, 1.807) is 7.11 Å². The maximum absolute atomic E-state index is 10.8. The van der Waals surface area contributed by atoms with Gasteiger partial charge in [0, 0.05) is 13.5 Å². The number of ether oxygens (including phenoxy) is 2.